The smallest absolute Gasteiger partial charge is 0.320 e. The number of hydrogen-bond donors (Lipinski definition) is 2. The van der Waals surface area contributed by atoms with E-state index in [1.54, 1.807) is 6.92 Å². The molecular formula is C12H22N2O3. The van der Waals surface area contributed by atoms with E-state index in [4.69, 9.17) is 5.11 Å². The number of carbonyl (C=O) groups is 2. The van der Waals surface area contributed by atoms with Crippen LogP contribution in [0.2, 0.25) is 0 Å². The highest BCUT2D eigenvalue weighted by Gasteiger charge is 2.25. The van der Waals surface area contributed by atoms with Gasteiger partial charge in [0.2, 0.25) is 5.91 Å². The Hall–Kier alpha value is -1.10. The van der Waals surface area contributed by atoms with Crippen molar-refractivity contribution in [1.82, 2.24) is 10.2 Å². The van der Waals surface area contributed by atoms with Gasteiger partial charge in [-0.1, -0.05) is 6.92 Å². The predicted octanol–water partition coefficient (Wildman–Crippen LogP) is 0.840. The Morgan fingerprint density at radius 1 is 1.47 bits per heavy atom. The number of nitrogens with zero attached hydrogens (tertiary/aromatic N) is 1. The molecule has 1 heterocycles. The zero-order valence-corrected chi connectivity index (χ0v) is 10.6. The molecule has 17 heavy (non-hydrogen) atoms. The van der Waals surface area contributed by atoms with Crippen LogP contribution in [0.25, 0.3) is 0 Å². The molecule has 0 spiro atoms. The normalized spacial score (nSPS) is 22.2. The fourth-order valence-corrected chi connectivity index (χ4v) is 2.18. The van der Waals surface area contributed by atoms with Gasteiger partial charge in [0.05, 0.1) is 6.54 Å². The first kappa shape index (κ1) is 14.0. The lowest BCUT2D eigenvalue weighted by atomic mass is 10.00. The summed E-state index contributed by atoms with van der Waals surface area (Å²) in [7, 11) is 0. The van der Waals surface area contributed by atoms with Crippen molar-refractivity contribution >= 4 is 11.9 Å². The summed E-state index contributed by atoms with van der Waals surface area (Å²) in [5.41, 5.74) is 0. The Morgan fingerprint density at radius 3 is 2.76 bits per heavy atom. The number of amides is 1. The van der Waals surface area contributed by atoms with Crippen molar-refractivity contribution in [3.8, 4) is 0 Å². The zero-order valence-electron chi connectivity index (χ0n) is 10.6. The number of carbonyl (C=O) groups excluding carboxylic acids is 1. The van der Waals surface area contributed by atoms with Gasteiger partial charge in [-0.3, -0.25) is 14.9 Å². The van der Waals surface area contributed by atoms with Crippen LogP contribution >= 0.6 is 0 Å². The molecule has 1 rings (SSSR count). The van der Waals surface area contributed by atoms with Crippen molar-refractivity contribution in [2.75, 3.05) is 13.1 Å². The van der Waals surface area contributed by atoms with Crippen molar-refractivity contribution in [3.05, 3.63) is 0 Å². The minimum Gasteiger partial charge on any atom is -0.480 e. The molecule has 0 radical (unpaired) electrons. The fraction of sp³-hybridized carbons (Fsp3) is 0.833. The second-order valence-electron chi connectivity index (χ2n) is 4.59. The number of nitrogens with one attached hydrogen (secondary N) is 1. The summed E-state index contributed by atoms with van der Waals surface area (Å²) in [4.78, 5) is 24.5. The SMILES string of the molecule is CCC1CCCCN1C(=O)CN[C@@H](C)C(=O)O. The van der Waals surface area contributed by atoms with Crippen LogP contribution in [0.5, 0.6) is 0 Å². The molecule has 5 heteroatoms. The number of piperidine rings is 1. The molecule has 5 nitrogen and oxygen atoms in total. The van der Waals surface area contributed by atoms with Crippen molar-refractivity contribution in [2.24, 2.45) is 0 Å². The Kier molecular flexibility index (Phi) is 5.41. The first-order valence-electron chi connectivity index (χ1n) is 6.32. The van der Waals surface area contributed by atoms with Crippen LogP contribution < -0.4 is 5.32 Å². The van der Waals surface area contributed by atoms with Gasteiger partial charge in [0, 0.05) is 12.6 Å². The maximum Gasteiger partial charge on any atom is 0.320 e. The molecule has 0 aromatic carbocycles. The van der Waals surface area contributed by atoms with Gasteiger partial charge in [0.25, 0.3) is 0 Å². The van der Waals surface area contributed by atoms with Gasteiger partial charge in [-0.05, 0) is 32.6 Å². The number of carboxylic acids is 1. The molecule has 2 N–H and O–H groups in total. The quantitative estimate of drug-likeness (QED) is 0.749. The number of likely N-dealkylation sites (tertiary alicyclic amines) is 1. The van der Waals surface area contributed by atoms with Crippen molar-refractivity contribution in [2.45, 2.75) is 51.6 Å². The van der Waals surface area contributed by atoms with Crippen LogP contribution in [-0.2, 0) is 9.59 Å². The van der Waals surface area contributed by atoms with Crippen LogP contribution in [0.4, 0.5) is 0 Å². The Bertz CT molecular complexity index is 281. The highest BCUT2D eigenvalue weighted by molar-refractivity contribution is 5.80. The Morgan fingerprint density at radius 2 is 2.18 bits per heavy atom. The molecule has 1 amide bonds. The minimum absolute atomic E-state index is 0.0182. The molecule has 0 saturated carbocycles. The average molecular weight is 242 g/mol. The largest absolute Gasteiger partial charge is 0.480 e. The van der Waals surface area contributed by atoms with Crippen LogP contribution in [0.15, 0.2) is 0 Å². The average Bonchev–Trinajstić information content (AvgIpc) is 2.35. The van der Waals surface area contributed by atoms with E-state index >= 15 is 0 Å². The maximum absolute atomic E-state index is 12.0. The molecular weight excluding hydrogens is 220 g/mol. The summed E-state index contributed by atoms with van der Waals surface area (Å²) in [6.07, 6.45) is 4.27. The summed E-state index contributed by atoms with van der Waals surface area (Å²) in [5, 5.41) is 11.4. The third kappa shape index (κ3) is 4.00. The molecule has 1 aliphatic heterocycles. The van der Waals surface area contributed by atoms with E-state index in [0.717, 1.165) is 25.8 Å². The van der Waals surface area contributed by atoms with Crippen molar-refractivity contribution in [1.29, 1.82) is 0 Å². The first-order valence-corrected chi connectivity index (χ1v) is 6.32. The number of hydrogen-bond acceptors (Lipinski definition) is 3. The van der Waals surface area contributed by atoms with E-state index in [9.17, 15) is 9.59 Å². The van der Waals surface area contributed by atoms with E-state index < -0.39 is 12.0 Å². The highest BCUT2D eigenvalue weighted by atomic mass is 16.4. The molecule has 0 aromatic rings. The number of carboxylic acid groups (broad SMARTS) is 1. The van der Waals surface area contributed by atoms with Gasteiger partial charge in [0.1, 0.15) is 6.04 Å². The minimum atomic E-state index is -0.927. The molecule has 1 saturated heterocycles. The number of aliphatic carboxylic acids is 1. The topological polar surface area (TPSA) is 69.6 Å². The molecule has 1 aliphatic rings. The van der Waals surface area contributed by atoms with Gasteiger partial charge in [-0.2, -0.15) is 0 Å². The van der Waals surface area contributed by atoms with E-state index in [0.29, 0.717) is 6.04 Å². The summed E-state index contributed by atoms with van der Waals surface area (Å²) < 4.78 is 0. The van der Waals surface area contributed by atoms with E-state index in [2.05, 4.69) is 12.2 Å². The number of rotatable bonds is 5. The van der Waals surface area contributed by atoms with Crippen LogP contribution in [0.1, 0.15) is 39.5 Å². The van der Waals surface area contributed by atoms with E-state index in [-0.39, 0.29) is 12.5 Å². The standard InChI is InChI=1S/C12H22N2O3/c1-3-10-6-4-5-7-14(10)11(15)8-13-9(2)12(16)17/h9-10,13H,3-8H2,1-2H3,(H,16,17)/t9-,10?/m0/s1. The molecule has 0 bridgehead atoms. The van der Waals surface area contributed by atoms with E-state index in [1.165, 1.54) is 6.42 Å². The lowest BCUT2D eigenvalue weighted by molar-refractivity contribution is -0.139. The second-order valence-corrected chi connectivity index (χ2v) is 4.59. The van der Waals surface area contributed by atoms with Crippen LogP contribution in [-0.4, -0.2) is 47.1 Å². The first-order chi connectivity index (χ1) is 8.06. The van der Waals surface area contributed by atoms with Gasteiger partial charge in [-0.25, -0.2) is 0 Å². The van der Waals surface area contributed by atoms with Crippen molar-refractivity contribution < 1.29 is 14.7 Å². The summed E-state index contributed by atoms with van der Waals surface area (Å²) in [6.45, 7) is 4.55. The zero-order chi connectivity index (χ0) is 12.8. The predicted molar refractivity (Wildman–Crippen MR) is 64.7 cm³/mol. The molecule has 1 unspecified atom stereocenters. The molecule has 2 atom stereocenters. The Labute approximate surface area is 102 Å². The van der Waals surface area contributed by atoms with Crippen LogP contribution in [0.3, 0.4) is 0 Å². The van der Waals surface area contributed by atoms with Gasteiger partial charge >= 0.3 is 5.97 Å². The summed E-state index contributed by atoms with van der Waals surface area (Å²) >= 11 is 0. The van der Waals surface area contributed by atoms with Gasteiger partial charge in [0.15, 0.2) is 0 Å². The van der Waals surface area contributed by atoms with E-state index in [1.807, 2.05) is 4.90 Å². The molecule has 98 valence electrons. The third-order valence-electron chi connectivity index (χ3n) is 3.35. The fourth-order valence-electron chi connectivity index (χ4n) is 2.18. The summed E-state index contributed by atoms with van der Waals surface area (Å²) in [6, 6.07) is -0.345. The third-order valence-corrected chi connectivity index (χ3v) is 3.35. The second kappa shape index (κ2) is 6.59. The monoisotopic (exact) mass is 242 g/mol. The molecule has 1 fully saturated rings. The highest BCUT2D eigenvalue weighted by Crippen LogP contribution is 2.19. The van der Waals surface area contributed by atoms with Gasteiger partial charge in [-0.15, -0.1) is 0 Å². The molecule has 0 aromatic heterocycles. The summed E-state index contributed by atoms with van der Waals surface area (Å²) in [5.74, 6) is -0.909. The lowest BCUT2D eigenvalue weighted by Crippen LogP contribution is -2.49. The Balaban J connectivity index is 2.42. The lowest BCUT2D eigenvalue weighted by Gasteiger charge is -2.35. The van der Waals surface area contributed by atoms with Gasteiger partial charge < -0.3 is 10.0 Å². The maximum atomic E-state index is 12.0. The van der Waals surface area contributed by atoms with Crippen molar-refractivity contribution in [3.63, 3.8) is 0 Å². The molecule has 0 aliphatic carbocycles. The van der Waals surface area contributed by atoms with Crippen LogP contribution in [0, 0.1) is 0 Å².